The van der Waals surface area contributed by atoms with E-state index in [9.17, 15) is 4.79 Å². The van der Waals surface area contributed by atoms with Crippen molar-refractivity contribution < 1.29 is 9.90 Å². The van der Waals surface area contributed by atoms with Gasteiger partial charge in [0.25, 0.3) is 0 Å². The number of rotatable bonds is 6. The summed E-state index contributed by atoms with van der Waals surface area (Å²) in [6.07, 6.45) is 9.85. The van der Waals surface area contributed by atoms with E-state index in [1.165, 1.54) is 0 Å². The fourth-order valence-corrected chi connectivity index (χ4v) is 1.48. The zero-order chi connectivity index (χ0) is 11.8. The molecule has 1 N–H and O–H groups in total. The maximum absolute atomic E-state index is 11.1. The summed E-state index contributed by atoms with van der Waals surface area (Å²) in [5.74, 6) is -1.28. The highest BCUT2D eigenvalue weighted by Crippen LogP contribution is 2.19. The molecule has 1 aromatic heterocycles. The van der Waals surface area contributed by atoms with Crippen LogP contribution in [0.1, 0.15) is 37.7 Å². The first kappa shape index (κ1) is 12.4. The van der Waals surface area contributed by atoms with Gasteiger partial charge in [-0.25, -0.2) is 0 Å². The maximum Gasteiger partial charge on any atom is 0.311 e. The van der Waals surface area contributed by atoms with Crippen molar-refractivity contribution in [3.05, 3.63) is 42.2 Å². The summed E-state index contributed by atoms with van der Waals surface area (Å²) >= 11 is 0. The monoisotopic (exact) mass is 219 g/mol. The highest BCUT2D eigenvalue weighted by atomic mass is 16.4. The number of allylic oxidation sites excluding steroid dienone is 2. The average Bonchev–Trinajstić information content (AvgIpc) is 2.30. The maximum atomic E-state index is 11.1. The predicted molar refractivity (Wildman–Crippen MR) is 63.3 cm³/mol. The van der Waals surface area contributed by atoms with Crippen molar-refractivity contribution in [3.63, 3.8) is 0 Å². The number of unbranched alkanes of at least 4 members (excludes halogenated alkanes) is 1. The lowest BCUT2D eigenvalue weighted by Gasteiger charge is -2.09. The molecule has 0 radical (unpaired) electrons. The SMILES string of the molecule is CCCC=CCC(C(=O)O)c1cccnc1. The Labute approximate surface area is 95.8 Å². The van der Waals surface area contributed by atoms with Gasteiger partial charge in [-0.1, -0.05) is 31.6 Å². The Kier molecular flexibility index (Phi) is 5.26. The van der Waals surface area contributed by atoms with E-state index in [-0.39, 0.29) is 0 Å². The van der Waals surface area contributed by atoms with Crippen molar-refractivity contribution in [2.45, 2.75) is 32.1 Å². The molecule has 1 unspecified atom stereocenters. The molecule has 1 rings (SSSR count). The van der Waals surface area contributed by atoms with Crippen LogP contribution in [0.3, 0.4) is 0 Å². The summed E-state index contributed by atoms with van der Waals surface area (Å²) in [5.41, 5.74) is 0.760. The number of nitrogens with zero attached hydrogens (tertiary/aromatic N) is 1. The number of carbonyl (C=O) groups is 1. The first-order valence-electron chi connectivity index (χ1n) is 5.53. The van der Waals surface area contributed by atoms with Gasteiger partial charge in [-0.05, 0) is 24.5 Å². The third-order valence-corrected chi connectivity index (χ3v) is 2.38. The predicted octanol–water partition coefficient (Wildman–Crippen LogP) is 3.00. The molecule has 1 heterocycles. The lowest BCUT2D eigenvalue weighted by molar-refractivity contribution is -0.138. The number of pyridine rings is 1. The molecule has 16 heavy (non-hydrogen) atoms. The number of carboxylic acids is 1. The zero-order valence-electron chi connectivity index (χ0n) is 9.47. The lowest BCUT2D eigenvalue weighted by Crippen LogP contribution is -2.10. The van der Waals surface area contributed by atoms with Crippen LogP contribution >= 0.6 is 0 Å². The molecule has 0 aliphatic carbocycles. The van der Waals surface area contributed by atoms with E-state index in [0.717, 1.165) is 18.4 Å². The molecule has 0 spiro atoms. The lowest BCUT2D eigenvalue weighted by atomic mass is 9.97. The zero-order valence-corrected chi connectivity index (χ0v) is 9.47. The smallest absolute Gasteiger partial charge is 0.311 e. The van der Waals surface area contributed by atoms with Crippen molar-refractivity contribution in [1.29, 1.82) is 0 Å². The van der Waals surface area contributed by atoms with Crippen molar-refractivity contribution in [1.82, 2.24) is 4.98 Å². The Balaban J connectivity index is 2.66. The van der Waals surface area contributed by atoms with E-state index in [1.807, 2.05) is 12.2 Å². The quantitative estimate of drug-likeness (QED) is 0.748. The van der Waals surface area contributed by atoms with Crippen molar-refractivity contribution in [2.24, 2.45) is 0 Å². The van der Waals surface area contributed by atoms with Crippen LogP contribution in [-0.2, 0) is 4.79 Å². The van der Waals surface area contributed by atoms with Crippen LogP contribution in [0.2, 0.25) is 0 Å². The molecule has 1 aromatic rings. The van der Waals surface area contributed by atoms with Crippen LogP contribution in [-0.4, -0.2) is 16.1 Å². The van der Waals surface area contributed by atoms with Gasteiger partial charge in [-0.15, -0.1) is 0 Å². The molecule has 3 heteroatoms. The second-order valence-corrected chi connectivity index (χ2v) is 3.67. The number of hydrogen-bond acceptors (Lipinski definition) is 2. The van der Waals surface area contributed by atoms with Gasteiger partial charge in [-0.3, -0.25) is 9.78 Å². The van der Waals surface area contributed by atoms with Crippen molar-refractivity contribution in [3.8, 4) is 0 Å². The minimum absolute atomic E-state index is 0.484. The van der Waals surface area contributed by atoms with E-state index in [0.29, 0.717) is 6.42 Å². The van der Waals surface area contributed by atoms with E-state index < -0.39 is 11.9 Å². The Hall–Kier alpha value is -1.64. The first-order chi connectivity index (χ1) is 7.75. The molecular formula is C13H17NO2. The summed E-state index contributed by atoms with van der Waals surface area (Å²) in [6.45, 7) is 2.10. The molecule has 3 nitrogen and oxygen atoms in total. The minimum Gasteiger partial charge on any atom is -0.481 e. The van der Waals surface area contributed by atoms with Crippen LogP contribution in [0, 0.1) is 0 Å². The summed E-state index contributed by atoms with van der Waals surface area (Å²) in [7, 11) is 0. The number of hydrogen-bond donors (Lipinski definition) is 1. The highest BCUT2D eigenvalue weighted by Gasteiger charge is 2.17. The van der Waals surface area contributed by atoms with Crippen molar-refractivity contribution in [2.75, 3.05) is 0 Å². The van der Waals surface area contributed by atoms with Crippen molar-refractivity contribution >= 4 is 5.97 Å². The standard InChI is InChI=1S/C13H17NO2/c1-2-3-4-5-8-12(13(15)16)11-7-6-9-14-10-11/h4-7,9-10,12H,2-3,8H2,1H3,(H,15,16). The molecular weight excluding hydrogens is 202 g/mol. The third kappa shape index (κ3) is 3.85. The molecule has 0 fully saturated rings. The van der Waals surface area contributed by atoms with Gasteiger partial charge < -0.3 is 5.11 Å². The fraction of sp³-hybridized carbons (Fsp3) is 0.385. The van der Waals surface area contributed by atoms with Gasteiger partial charge in [0.15, 0.2) is 0 Å². The topological polar surface area (TPSA) is 50.2 Å². The van der Waals surface area contributed by atoms with Crippen LogP contribution in [0.5, 0.6) is 0 Å². The Bertz CT molecular complexity index is 346. The van der Waals surface area contributed by atoms with Gasteiger partial charge in [0, 0.05) is 12.4 Å². The highest BCUT2D eigenvalue weighted by molar-refractivity contribution is 5.76. The second kappa shape index (κ2) is 6.77. The largest absolute Gasteiger partial charge is 0.481 e. The summed E-state index contributed by atoms with van der Waals surface area (Å²) < 4.78 is 0. The normalized spacial score (nSPS) is 12.8. The van der Waals surface area contributed by atoms with Crippen LogP contribution in [0.4, 0.5) is 0 Å². The van der Waals surface area contributed by atoms with Gasteiger partial charge in [0.1, 0.15) is 0 Å². The Morgan fingerprint density at radius 3 is 2.94 bits per heavy atom. The number of aromatic nitrogens is 1. The van der Waals surface area contributed by atoms with E-state index in [1.54, 1.807) is 24.5 Å². The Morgan fingerprint density at radius 2 is 2.38 bits per heavy atom. The average molecular weight is 219 g/mol. The fourth-order valence-electron chi connectivity index (χ4n) is 1.48. The molecule has 0 saturated heterocycles. The van der Waals surface area contributed by atoms with Crippen LogP contribution in [0.15, 0.2) is 36.7 Å². The molecule has 1 atom stereocenters. The van der Waals surface area contributed by atoms with Gasteiger partial charge in [-0.2, -0.15) is 0 Å². The molecule has 0 bridgehead atoms. The van der Waals surface area contributed by atoms with Gasteiger partial charge >= 0.3 is 5.97 Å². The molecule has 0 aliphatic rings. The second-order valence-electron chi connectivity index (χ2n) is 3.67. The summed E-state index contributed by atoms with van der Waals surface area (Å²) in [4.78, 5) is 15.0. The molecule has 0 aliphatic heterocycles. The molecule has 0 aromatic carbocycles. The summed E-state index contributed by atoms with van der Waals surface area (Å²) in [6, 6.07) is 3.57. The molecule has 86 valence electrons. The van der Waals surface area contributed by atoms with E-state index in [4.69, 9.17) is 5.11 Å². The van der Waals surface area contributed by atoms with Crippen LogP contribution in [0.25, 0.3) is 0 Å². The summed E-state index contributed by atoms with van der Waals surface area (Å²) in [5, 5.41) is 9.12. The molecule has 0 saturated carbocycles. The molecule has 0 amide bonds. The Morgan fingerprint density at radius 1 is 1.56 bits per heavy atom. The van der Waals surface area contributed by atoms with Gasteiger partial charge in [0.2, 0.25) is 0 Å². The third-order valence-electron chi connectivity index (χ3n) is 2.38. The van der Waals surface area contributed by atoms with E-state index in [2.05, 4.69) is 11.9 Å². The number of aliphatic carboxylic acids is 1. The minimum atomic E-state index is -0.797. The van der Waals surface area contributed by atoms with Gasteiger partial charge in [0.05, 0.1) is 5.92 Å². The first-order valence-corrected chi connectivity index (χ1v) is 5.53. The van der Waals surface area contributed by atoms with Crippen LogP contribution < -0.4 is 0 Å². The number of carboxylic acid groups (broad SMARTS) is 1. The van der Waals surface area contributed by atoms with E-state index >= 15 is 0 Å².